The molecule has 0 saturated carbocycles. The van der Waals surface area contributed by atoms with Crippen molar-refractivity contribution in [3.8, 4) is 11.5 Å². The maximum atomic E-state index is 14.0. The van der Waals surface area contributed by atoms with Crippen LogP contribution >= 0.6 is 27.5 Å². The zero-order valence-electron chi connectivity index (χ0n) is 10.7. The number of alkyl halides is 1. The third kappa shape index (κ3) is 2.85. The molecule has 0 fully saturated rings. The van der Waals surface area contributed by atoms with Gasteiger partial charge in [-0.2, -0.15) is 0 Å². The van der Waals surface area contributed by atoms with E-state index in [2.05, 4.69) is 15.9 Å². The van der Waals surface area contributed by atoms with E-state index in [0.29, 0.717) is 24.7 Å². The zero-order valence-corrected chi connectivity index (χ0v) is 13.0. The Morgan fingerprint density at radius 2 is 1.71 bits per heavy atom. The Morgan fingerprint density at radius 1 is 1.00 bits per heavy atom. The van der Waals surface area contributed by atoms with E-state index < -0.39 is 16.5 Å². The molecule has 0 aliphatic carbocycles. The normalized spacial score (nSPS) is 14.9. The molecule has 0 radical (unpaired) electrons. The Morgan fingerprint density at radius 3 is 2.48 bits per heavy atom. The third-order valence-corrected chi connectivity index (χ3v) is 4.48. The van der Waals surface area contributed by atoms with Gasteiger partial charge in [0.05, 0.1) is 9.85 Å². The fourth-order valence-corrected chi connectivity index (χ4v) is 2.92. The Labute approximate surface area is 133 Å². The van der Waals surface area contributed by atoms with E-state index >= 15 is 0 Å². The molecule has 6 heteroatoms. The first-order valence-corrected chi connectivity index (χ1v) is 7.53. The molecule has 1 aliphatic heterocycles. The highest BCUT2D eigenvalue weighted by molar-refractivity contribution is 9.09. The molecule has 1 unspecified atom stereocenters. The monoisotopic (exact) mass is 374 g/mol. The van der Waals surface area contributed by atoms with Crippen molar-refractivity contribution in [2.24, 2.45) is 0 Å². The lowest BCUT2D eigenvalue weighted by Gasteiger charge is -2.20. The maximum absolute atomic E-state index is 14.0. The lowest BCUT2D eigenvalue weighted by atomic mass is 10.0. The summed E-state index contributed by atoms with van der Waals surface area (Å²) in [5.74, 6) is 0.0127. The van der Waals surface area contributed by atoms with Gasteiger partial charge in [-0.3, -0.25) is 0 Å². The molecule has 110 valence electrons. The van der Waals surface area contributed by atoms with Crippen LogP contribution in [0.4, 0.5) is 8.78 Å². The lowest BCUT2D eigenvalue weighted by molar-refractivity contribution is 0.171. The van der Waals surface area contributed by atoms with Crippen molar-refractivity contribution >= 4 is 27.5 Å². The summed E-state index contributed by atoms with van der Waals surface area (Å²) in [6.07, 6.45) is 0. The second kappa shape index (κ2) is 5.81. The highest BCUT2D eigenvalue weighted by atomic mass is 79.9. The van der Waals surface area contributed by atoms with E-state index in [1.54, 1.807) is 18.2 Å². The van der Waals surface area contributed by atoms with Crippen LogP contribution in [0, 0.1) is 11.6 Å². The molecule has 0 saturated heterocycles. The molecule has 0 amide bonds. The van der Waals surface area contributed by atoms with Crippen molar-refractivity contribution in [3.63, 3.8) is 0 Å². The molecular weight excluding hydrogens is 366 g/mol. The maximum Gasteiger partial charge on any atom is 0.161 e. The van der Waals surface area contributed by atoms with E-state index in [0.717, 1.165) is 17.7 Å². The first kappa shape index (κ1) is 14.6. The summed E-state index contributed by atoms with van der Waals surface area (Å²) in [4.78, 5) is -0.514. The Balaban J connectivity index is 1.98. The van der Waals surface area contributed by atoms with E-state index in [-0.39, 0.29) is 10.6 Å². The van der Waals surface area contributed by atoms with Gasteiger partial charge in [-0.25, -0.2) is 8.78 Å². The van der Waals surface area contributed by atoms with E-state index in [9.17, 15) is 8.78 Å². The molecule has 1 heterocycles. The van der Waals surface area contributed by atoms with E-state index in [1.165, 1.54) is 0 Å². The summed E-state index contributed by atoms with van der Waals surface area (Å²) in [6.45, 7) is 0.967. The van der Waals surface area contributed by atoms with Gasteiger partial charge in [0.2, 0.25) is 0 Å². The predicted octanol–water partition coefficient (Wildman–Crippen LogP) is 4.87. The molecule has 2 nitrogen and oxygen atoms in total. The highest BCUT2D eigenvalue weighted by Crippen LogP contribution is 2.39. The third-order valence-electron chi connectivity index (χ3n) is 3.17. The van der Waals surface area contributed by atoms with Gasteiger partial charge < -0.3 is 9.47 Å². The number of rotatable bonds is 2. The number of hydrogen-bond donors (Lipinski definition) is 0. The summed E-state index contributed by atoms with van der Waals surface area (Å²) in [5.41, 5.74) is 0.911. The number of benzene rings is 2. The second-order valence-electron chi connectivity index (χ2n) is 4.55. The highest BCUT2D eigenvalue weighted by Gasteiger charge is 2.20. The van der Waals surface area contributed by atoms with Crippen molar-refractivity contribution in [1.82, 2.24) is 0 Å². The standard InChI is InChI=1S/C15H10BrClF2O2/c16-15(9-6-12(19)10(17)7-11(9)18)8-1-2-13-14(5-8)21-4-3-20-13/h1-2,5-7,15H,3-4H2. The predicted molar refractivity (Wildman–Crippen MR) is 79.6 cm³/mol. The quantitative estimate of drug-likeness (QED) is 0.550. The van der Waals surface area contributed by atoms with Gasteiger partial charge in [-0.1, -0.05) is 33.6 Å². The number of halogens is 4. The topological polar surface area (TPSA) is 18.5 Å². The van der Waals surface area contributed by atoms with Crippen molar-refractivity contribution in [1.29, 1.82) is 0 Å². The van der Waals surface area contributed by atoms with Crippen LogP contribution in [0.15, 0.2) is 30.3 Å². The molecule has 2 aromatic carbocycles. The van der Waals surface area contributed by atoms with Crippen molar-refractivity contribution in [2.75, 3.05) is 13.2 Å². The van der Waals surface area contributed by atoms with Gasteiger partial charge in [0.25, 0.3) is 0 Å². The molecule has 2 aromatic rings. The summed E-state index contributed by atoms with van der Waals surface area (Å²) in [6, 6.07) is 7.34. The largest absolute Gasteiger partial charge is 0.486 e. The smallest absolute Gasteiger partial charge is 0.161 e. The van der Waals surface area contributed by atoms with Gasteiger partial charge >= 0.3 is 0 Å². The van der Waals surface area contributed by atoms with Gasteiger partial charge in [-0.15, -0.1) is 0 Å². The Kier molecular flexibility index (Phi) is 4.04. The van der Waals surface area contributed by atoms with Gasteiger partial charge in [0.1, 0.15) is 24.8 Å². The van der Waals surface area contributed by atoms with Crippen LogP contribution in [0.5, 0.6) is 11.5 Å². The van der Waals surface area contributed by atoms with Crippen molar-refractivity contribution in [3.05, 3.63) is 58.1 Å². The van der Waals surface area contributed by atoms with Crippen LogP contribution < -0.4 is 9.47 Å². The molecule has 3 rings (SSSR count). The molecule has 21 heavy (non-hydrogen) atoms. The fourth-order valence-electron chi connectivity index (χ4n) is 2.13. The van der Waals surface area contributed by atoms with E-state index in [4.69, 9.17) is 21.1 Å². The van der Waals surface area contributed by atoms with Crippen LogP contribution in [0.25, 0.3) is 0 Å². The first-order valence-electron chi connectivity index (χ1n) is 6.24. The summed E-state index contributed by atoms with van der Waals surface area (Å²) in [7, 11) is 0. The van der Waals surface area contributed by atoms with Gasteiger partial charge in [-0.05, 0) is 29.8 Å². The summed E-state index contributed by atoms with van der Waals surface area (Å²) in [5, 5.41) is -0.238. The summed E-state index contributed by atoms with van der Waals surface area (Å²) < 4.78 is 38.4. The van der Waals surface area contributed by atoms with E-state index in [1.807, 2.05) is 0 Å². The Bertz CT molecular complexity index is 694. The van der Waals surface area contributed by atoms with Crippen LogP contribution in [0.2, 0.25) is 5.02 Å². The van der Waals surface area contributed by atoms with Crippen molar-refractivity contribution in [2.45, 2.75) is 4.83 Å². The van der Waals surface area contributed by atoms with Gasteiger partial charge in [0, 0.05) is 5.56 Å². The average molecular weight is 376 g/mol. The minimum Gasteiger partial charge on any atom is -0.486 e. The number of ether oxygens (including phenoxy) is 2. The molecule has 0 aromatic heterocycles. The Hall–Kier alpha value is -1.33. The van der Waals surface area contributed by atoms with Crippen LogP contribution in [-0.2, 0) is 0 Å². The SMILES string of the molecule is Fc1cc(C(Br)c2ccc3c(c2)OCCO3)c(F)cc1Cl. The van der Waals surface area contributed by atoms with Crippen LogP contribution in [0.1, 0.15) is 16.0 Å². The summed E-state index contributed by atoms with van der Waals surface area (Å²) >= 11 is 8.95. The molecule has 0 N–H and O–H groups in total. The molecule has 0 spiro atoms. The molecular formula is C15H10BrClF2O2. The number of fused-ring (bicyclic) bond motifs is 1. The number of hydrogen-bond acceptors (Lipinski definition) is 2. The van der Waals surface area contributed by atoms with Crippen molar-refractivity contribution < 1.29 is 18.3 Å². The fraction of sp³-hybridized carbons (Fsp3) is 0.200. The molecule has 1 atom stereocenters. The minimum atomic E-state index is -0.657. The molecule has 1 aliphatic rings. The molecule has 0 bridgehead atoms. The van der Waals surface area contributed by atoms with Crippen LogP contribution in [0.3, 0.4) is 0 Å². The average Bonchev–Trinajstić information content (AvgIpc) is 2.50. The zero-order chi connectivity index (χ0) is 15.0. The second-order valence-corrected chi connectivity index (χ2v) is 5.88. The minimum absolute atomic E-state index is 0.175. The van der Waals surface area contributed by atoms with Gasteiger partial charge in [0.15, 0.2) is 11.5 Å². The first-order chi connectivity index (χ1) is 10.1. The lowest BCUT2D eigenvalue weighted by Crippen LogP contribution is -2.15. The van der Waals surface area contributed by atoms with Crippen LogP contribution in [-0.4, -0.2) is 13.2 Å².